The zero-order valence-corrected chi connectivity index (χ0v) is 15.1. The van der Waals surface area contributed by atoms with Gasteiger partial charge in [0.25, 0.3) is 0 Å². The topological polar surface area (TPSA) is 3.24 Å². The smallest absolute Gasteiger partial charge is 0.357 e. The molecule has 3 rings (SSSR count). The number of fused-ring (bicyclic) bond motifs is 1. The van der Waals surface area contributed by atoms with Gasteiger partial charge in [-0.1, -0.05) is 42.5 Å². The van der Waals surface area contributed by atoms with E-state index in [0.29, 0.717) is 0 Å². The molecule has 23 heavy (non-hydrogen) atoms. The van der Waals surface area contributed by atoms with Gasteiger partial charge in [0.15, 0.2) is 0 Å². The summed E-state index contributed by atoms with van der Waals surface area (Å²) in [7, 11) is 0. The number of nitrogens with zero attached hydrogens (tertiary/aromatic N) is 1. The Balaban J connectivity index is 0.000000312. The predicted octanol–water partition coefficient (Wildman–Crippen LogP) is 6.01. The minimum atomic E-state index is -11.2. The summed E-state index contributed by atoms with van der Waals surface area (Å²) < 4.78 is 59.6. The molecule has 1 heterocycles. The second-order valence-corrected chi connectivity index (χ2v) is 11.3. The van der Waals surface area contributed by atoms with Gasteiger partial charge >= 0.3 is 37.8 Å². The maximum absolute atomic E-state index is 11.2. The number of benzene rings is 2. The number of rotatable bonds is 2. The van der Waals surface area contributed by atoms with Crippen molar-refractivity contribution in [3.63, 3.8) is 0 Å². The number of hydrogen-bond acceptors (Lipinski definition) is 2. The summed E-state index contributed by atoms with van der Waals surface area (Å²) in [5.74, 6) is 1.06. The molecule has 0 spiro atoms. The summed E-state index contributed by atoms with van der Waals surface area (Å²) in [5.41, 5.74) is 2.75. The van der Waals surface area contributed by atoms with Gasteiger partial charge in [-0.3, -0.25) is 0 Å². The Morgan fingerprint density at radius 1 is 0.870 bits per heavy atom. The van der Waals surface area contributed by atoms with E-state index in [-0.39, 0.29) is 1.43 Å². The van der Waals surface area contributed by atoms with Gasteiger partial charge in [0.2, 0.25) is 0 Å². The third-order valence-electron chi connectivity index (χ3n) is 2.80. The van der Waals surface area contributed by atoms with Gasteiger partial charge in [-0.15, -0.1) is 11.8 Å². The molecule has 0 saturated carbocycles. The molecular weight excluding hydrogens is 450 g/mol. The first kappa shape index (κ1) is 18.3. The zero-order valence-electron chi connectivity index (χ0n) is 12.7. The molecule has 0 amide bonds. The SMILES string of the molecule is [F][Sb-]([F])([F])([F])([F])[F].[H+].c1ccc(CN2CSc3ccccc32)cc1. The van der Waals surface area contributed by atoms with Crippen molar-refractivity contribution in [2.45, 2.75) is 11.4 Å². The molecule has 2 aromatic carbocycles. The number of halogens is 6. The standard InChI is InChI=1S/C14H13NS.6FH.Sb/c1-2-6-12(7-3-1)10-15-11-16-14-9-5-4-8-13(14)15;;;;;;;/h1-9H,10-11H2;6*1H;/q;;;;;;;+5/p-5. The molecule has 0 radical (unpaired) electrons. The van der Waals surface area contributed by atoms with E-state index in [0.717, 1.165) is 12.4 Å². The Bertz CT molecular complexity index is 669. The van der Waals surface area contributed by atoms with Crippen molar-refractivity contribution < 1.29 is 18.3 Å². The van der Waals surface area contributed by atoms with Gasteiger partial charge in [-0.2, -0.15) is 0 Å². The Labute approximate surface area is 137 Å². The Morgan fingerprint density at radius 2 is 1.39 bits per heavy atom. The van der Waals surface area contributed by atoms with Crippen molar-refractivity contribution in [3.05, 3.63) is 60.2 Å². The molecule has 0 saturated heterocycles. The molecule has 0 atom stereocenters. The maximum Gasteiger partial charge on any atom is 1.00 e. The van der Waals surface area contributed by atoms with Crippen molar-refractivity contribution in [2.24, 2.45) is 0 Å². The maximum atomic E-state index is 9.93. The van der Waals surface area contributed by atoms with Crippen LogP contribution < -0.4 is 4.90 Å². The third-order valence-corrected chi connectivity index (χ3v) is 3.90. The van der Waals surface area contributed by atoms with Crippen LogP contribution in [0.25, 0.3) is 0 Å². The molecular formula is C14H14F6NSSb. The molecule has 9 heteroatoms. The van der Waals surface area contributed by atoms with Gasteiger partial charge in [0, 0.05) is 11.4 Å². The van der Waals surface area contributed by atoms with Crippen LogP contribution in [0.2, 0.25) is 0 Å². The number of thioether (sulfide) groups is 1. The van der Waals surface area contributed by atoms with Crippen molar-refractivity contribution in [3.8, 4) is 0 Å². The van der Waals surface area contributed by atoms with Crippen molar-refractivity contribution >= 4 is 36.9 Å². The van der Waals surface area contributed by atoms with Crippen LogP contribution >= 0.6 is 11.8 Å². The fourth-order valence-corrected chi connectivity index (χ4v) is 3.04. The largest absolute Gasteiger partial charge is 1.00 e. The molecule has 0 aliphatic carbocycles. The van der Waals surface area contributed by atoms with Crippen LogP contribution in [0.1, 0.15) is 6.99 Å². The molecule has 1 aliphatic rings. The van der Waals surface area contributed by atoms with Crippen LogP contribution in [0.5, 0.6) is 0 Å². The summed E-state index contributed by atoms with van der Waals surface area (Å²) in [4.78, 5) is 3.83. The molecule has 0 fully saturated rings. The van der Waals surface area contributed by atoms with Crippen LogP contribution in [0.15, 0.2) is 59.5 Å². The number of anilines is 1. The van der Waals surface area contributed by atoms with Gasteiger partial charge in [0.05, 0.1) is 11.6 Å². The molecule has 1 nitrogen and oxygen atoms in total. The van der Waals surface area contributed by atoms with Crippen LogP contribution in [0.3, 0.4) is 0 Å². The van der Waals surface area contributed by atoms with Gasteiger partial charge in [-0.05, 0) is 17.7 Å². The normalized spacial score (nSPS) is 16.7. The number of hydrogen-bond donors (Lipinski definition) is 0. The summed E-state index contributed by atoms with van der Waals surface area (Å²) in [6.45, 7) is 1.00. The first-order chi connectivity index (χ1) is 10.4. The quantitative estimate of drug-likeness (QED) is 0.396. The zero-order chi connectivity index (χ0) is 17.2. The van der Waals surface area contributed by atoms with E-state index >= 15 is 0 Å². The first-order valence-corrected chi connectivity index (χ1v) is 13.2. The first-order valence-electron chi connectivity index (χ1n) is 6.45. The monoisotopic (exact) mass is 463 g/mol. The van der Waals surface area contributed by atoms with E-state index in [1.165, 1.54) is 16.1 Å². The molecule has 128 valence electrons. The van der Waals surface area contributed by atoms with Gasteiger partial charge < -0.3 is 4.90 Å². The van der Waals surface area contributed by atoms with E-state index in [9.17, 15) is 16.9 Å². The van der Waals surface area contributed by atoms with E-state index < -0.39 is 19.5 Å². The number of para-hydroxylation sites is 1. The van der Waals surface area contributed by atoms with E-state index in [4.69, 9.17) is 0 Å². The second-order valence-electron chi connectivity index (χ2n) is 4.88. The van der Waals surface area contributed by atoms with E-state index in [1.807, 2.05) is 11.8 Å². The van der Waals surface area contributed by atoms with Crippen molar-refractivity contribution in [1.29, 1.82) is 0 Å². The fraction of sp³-hybridized carbons (Fsp3) is 0.143. The van der Waals surface area contributed by atoms with Crippen LogP contribution in [0.4, 0.5) is 22.6 Å². The fourth-order valence-electron chi connectivity index (χ4n) is 1.99. The van der Waals surface area contributed by atoms with Crippen molar-refractivity contribution in [1.82, 2.24) is 0 Å². The third kappa shape index (κ3) is 7.88. The Morgan fingerprint density at radius 3 is 2.00 bits per heavy atom. The summed E-state index contributed by atoms with van der Waals surface area (Å²) >= 11 is -9.33. The molecule has 0 bridgehead atoms. The summed E-state index contributed by atoms with van der Waals surface area (Å²) in [5, 5.41) is 0. The molecule has 2 aromatic rings. The molecule has 0 unspecified atom stereocenters. The molecule has 1 aliphatic heterocycles. The second kappa shape index (κ2) is 5.81. The Hall–Kier alpha value is -1.01. The predicted molar refractivity (Wildman–Crippen MR) is 83.3 cm³/mol. The van der Waals surface area contributed by atoms with Crippen molar-refractivity contribution in [2.75, 3.05) is 10.8 Å². The van der Waals surface area contributed by atoms with E-state index in [2.05, 4.69) is 59.5 Å². The molecule has 0 aromatic heterocycles. The summed E-state index contributed by atoms with van der Waals surface area (Å²) in [6, 6.07) is 19.3. The average Bonchev–Trinajstić information content (AvgIpc) is 2.80. The summed E-state index contributed by atoms with van der Waals surface area (Å²) in [6.07, 6.45) is 0. The van der Waals surface area contributed by atoms with Crippen LogP contribution in [0, 0.1) is 0 Å². The van der Waals surface area contributed by atoms with Crippen LogP contribution in [-0.4, -0.2) is 25.4 Å². The van der Waals surface area contributed by atoms with Gasteiger partial charge in [0.1, 0.15) is 0 Å². The molecule has 0 N–H and O–H groups in total. The Kier molecular flexibility index (Phi) is 4.63. The average molecular weight is 464 g/mol. The minimum Gasteiger partial charge on any atom is -0.357 e. The van der Waals surface area contributed by atoms with E-state index in [1.54, 1.807) is 0 Å². The van der Waals surface area contributed by atoms with Gasteiger partial charge in [-0.25, -0.2) is 0 Å². The minimum absolute atomic E-state index is 0. The van der Waals surface area contributed by atoms with Crippen LogP contribution in [-0.2, 0) is 6.54 Å².